The Kier molecular flexibility index (Phi) is 8.12. The summed E-state index contributed by atoms with van der Waals surface area (Å²) in [5, 5.41) is 0.696. The zero-order valence-electron chi connectivity index (χ0n) is 17.7. The molecule has 3 heteroatoms. The third kappa shape index (κ3) is 5.38. The van der Waals surface area contributed by atoms with Crippen LogP contribution >= 0.6 is 11.6 Å². The molecule has 28 heavy (non-hydrogen) atoms. The first kappa shape index (κ1) is 22.5. The van der Waals surface area contributed by atoms with E-state index >= 15 is 0 Å². The molecule has 3 rings (SSSR count). The molecular weight excluding hydrogens is 371 g/mol. The molecule has 1 aliphatic rings. The highest BCUT2D eigenvalue weighted by atomic mass is 35.5. The van der Waals surface area contributed by atoms with Crippen LogP contribution in [0.1, 0.15) is 75.3 Å². The monoisotopic (exact) mass is 402 g/mol. The summed E-state index contributed by atoms with van der Waals surface area (Å²) in [5.41, 5.74) is 5.13. The second-order valence-corrected chi connectivity index (χ2v) is 8.23. The van der Waals surface area contributed by atoms with Crippen molar-refractivity contribution in [1.29, 1.82) is 0 Å². The minimum absolute atomic E-state index is 0.174. The largest absolute Gasteiger partial charge is 0.482 e. The van der Waals surface area contributed by atoms with Gasteiger partial charge in [-0.3, -0.25) is 0 Å². The summed E-state index contributed by atoms with van der Waals surface area (Å²) in [6.07, 6.45) is 4.83. The maximum Gasteiger partial charge on any atom is 0.165 e. The van der Waals surface area contributed by atoms with Gasteiger partial charge in [0.1, 0.15) is 6.10 Å². The minimum Gasteiger partial charge on any atom is -0.482 e. The quantitative estimate of drug-likeness (QED) is 0.488. The fraction of sp³-hybridized carbons (Fsp3) is 0.440. The van der Waals surface area contributed by atoms with Gasteiger partial charge >= 0.3 is 0 Å². The summed E-state index contributed by atoms with van der Waals surface area (Å²) in [4.78, 5) is 0. The zero-order chi connectivity index (χ0) is 20.8. The topological polar surface area (TPSA) is 9.23 Å². The van der Waals surface area contributed by atoms with Gasteiger partial charge in [-0.1, -0.05) is 69.9 Å². The molecule has 0 spiro atoms. The maximum atomic E-state index is 14.3. The molecule has 0 saturated carbocycles. The van der Waals surface area contributed by atoms with Crippen LogP contribution in [0.5, 0.6) is 5.75 Å². The van der Waals surface area contributed by atoms with Crippen molar-refractivity contribution in [2.24, 2.45) is 5.92 Å². The van der Waals surface area contributed by atoms with Gasteiger partial charge in [0.15, 0.2) is 11.6 Å². The number of aryl methyl sites for hydroxylation is 1. The normalized spacial score (nSPS) is 17.5. The molecule has 0 bridgehead atoms. The van der Waals surface area contributed by atoms with Crippen molar-refractivity contribution < 1.29 is 9.13 Å². The Morgan fingerprint density at radius 3 is 2.43 bits per heavy atom. The highest BCUT2D eigenvalue weighted by molar-refractivity contribution is 6.30. The fourth-order valence-electron chi connectivity index (χ4n) is 3.60. The number of fused-ring (bicyclic) bond motifs is 1. The van der Waals surface area contributed by atoms with Gasteiger partial charge in [-0.15, -0.1) is 0 Å². The van der Waals surface area contributed by atoms with Crippen LogP contribution in [0.25, 0.3) is 5.57 Å². The van der Waals surface area contributed by atoms with Gasteiger partial charge in [0.2, 0.25) is 0 Å². The summed E-state index contributed by atoms with van der Waals surface area (Å²) in [5.74, 6) is 0.199. The van der Waals surface area contributed by atoms with Gasteiger partial charge in [-0.25, -0.2) is 4.39 Å². The number of hydrogen-bond donors (Lipinski definition) is 0. The number of halogens is 2. The van der Waals surface area contributed by atoms with Crippen LogP contribution in [0.15, 0.2) is 36.9 Å². The lowest BCUT2D eigenvalue weighted by Gasteiger charge is -2.20. The van der Waals surface area contributed by atoms with E-state index in [4.69, 9.17) is 16.3 Å². The molecular formula is C25H32ClFO. The van der Waals surface area contributed by atoms with Gasteiger partial charge in [-0.05, 0) is 66.8 Å². The molecule has 0 aromatic heterocycles. The van der Waals surface area contributed by atoms with Crippen LogP contribution in [0.3, 0.4) is 0 Å². The summed E-state index contributed by atoms with van der Waals surface area (Å²) in [6.45, 7) is 14.3. The van der Waals surface area contributed by atoms with E-state index in [1.54, 1.807) is 6.07 Å². The zero-order valence-corrected chi connectivity index (χ0v) is 18.5. The summed E-state index contributed by atoms with van der Waals surface area (Å²) in [6, 6.07) is 8.91. The van der Waals surface area contributed by atoms with E-state index in [2.05, 4.69) is 34.3 Å². The van der Waals surface area contributed by atoms with Crippen LogP contribution in [-0.2, 0) is 6.42 Å². The van der Waals surface area contributed by atoms with Crippen LogP contribution in [0.4, 0.5) is 4.39 Å². The van der Waals surface area contributed by atoms with Crippen molar-refractivity contribution in [2.75, 3.05) is 0 Å². The molecule has 2 atom stereocenters. The molecule has 2 aromatic rings. The second kappa shape index (κ2) is 10.1. The molecule has 1 unspecified atom stereocenters. The smallest absolute Gasteiger partial charge is 0.165 e. The molecule has 0 heterocycles. The summed E-state index contributed by atoms with van der Waals surface area (Å²) >= 11 is 6.19. The van der Waals surface area contributed by atoms with Crippen molar-refractivity contribution in [1.82, 2.24) is 0 Å². The molecule has 2 aromatic carbocycles. The lowest BCUT2D eigenvalue weighted by atomic mass is 10.0. The Morgan fingerprint density at radius 2 is 1.89 bits per heavy atom. The van der Waals surface area contributed by atoms with Crippen LogP contribution < -0.4 is 4.74 Å². The molecule has 0 saturated heterocycles. The highest BCUT2D eigenvalue weighted by Gasteiger charge is 2.33. The Bertz CT molecular complexity index is 826. The van der Waals surface area contributed by atoms with Crippen LogP contribution in [-0.4, -0.2) is 0 Å². The predicted octanol–water partition coefficient (Wildman–Crippen LogP) is 8.33. The molecule has 0 radical (unpaired) electrons. The van der Waals surface area contributed by atoms with E-state index in [-0.39, 0.29) is 23.6 Å². The second-order valence-electron chi connectivity index (χ2n) is 7.79. The van der Waals surface area contributed by atoms with E-state index in [1.165, 1.54) is 36.5 Å². The van der Waals surface area contributed by atoms with E-state index in [0.717, 1.165) is 23.1 Å². The van der Waals surface area contributed by atoms with Crippen molar-refractivity contribution in [3.63, 3.8) is 0 Å². The van der Waals surface area contributed by atoms with Crippen molar-refractivity contribution in [3.8, 4) is 5.75 Å². The third-order valence-electron chi connectivity index (χ3n) is 5.21. The standard InChI is InChI=1S/C20H20ClFO.C5H12/c1-11(2)14-5-6-19(18(22)9-14)23-20-13(4)8-16-12(3)7-15(21)10-17(16)20;1-3-5-4-2/h5-7,9-10,13,20H,1,8H2,2-4H3;3-5H2,1-2H3/t13?,20-;/m1./s1. The van der Waals surface area contributed by atoms with Crippen LogP contribution in [0.2, 0.25) is 5.02 Å². The van der Waals surface area contributed by atoms with Gasteiger partial charge in [0.25, 0.3) is 0 Å². The molecule has 152 valence electrons. The number of rotatable bonds is 5. The lowest BCUT2D eigenvalue weighted by Crippen LogP contribution is -2.12. The minimum atomic E-state index is -0.357. The van der Waals surface area contributed by atoms with E-state index < -0.39 is 0 Å². The van der Waals surface area contributed by atoms with Gasteiger partial charge in [0, 0.05) is 10.9 Å². The SMILES string of the molecule is C=C(C)c1ccc(O[C@H]2c3cc(Cl)cc(C)c3CC2C)c(F)c1.CCCCC. The first-order valence-corrected chi connectivity index (χ1v) is 10.6. The molecule has 0 fully saturated rings. The Balaban J connectivity index is 0.000000500. The van der Waals surface area contributed by atoms with E-state index in [0.29, 0.717) is 5.02 Å². The fourth-order valence-corrected chi connectivity index (χ4v) is 3.88. The average molecular weight is 403 g/mol. The van der Waals surface area contributed by atoms with Crippen LogP contribution in [0, 0.1) is 18.7 Å². The predicted molar refractivity (Wildman–Crippen MR) is 119 cm³/mol. The molecule has 1 nitrogen and oxygen atoms in total. The van der Waals surface area contributed by atoms with Crippen molar-refractivity contribution in [3.05, 3.63) is 70.0 Å². The van der Waals surface area contributed by atoms with Gasteiger partial charge in [0.05, 0.1) is 0 Å². The van der Waals surface area contributed by atoms with Gasteiger partial charge in [-0.2, -0.15) is 0 Å². The van der Waals surface area contributed by atoms with E-state index in [1.807, 2.05) is 25.1 Å². The maximum absolute atomic E-state index is 14.3. The Morgan fingerprint density at radius 1 is 1.21 bits per heavy atom. The number of allylic oxidation sites excluding steroid dienone is 1. The molecule has 1 aliphatic carbocycles. The summed E-state index contributed by atoms with van der Waals surface area (Å²) < 4.78 is 20.4. The molecule has 0 N–H and O–H groups in total. The number of ether oxygens (including phenoxy) is 1. The van der Waals surface area contributed by atoms with Crippen molar-refractivity contribution >= 4 is 17.2 Å². The Labute approximate surface area is 174 Å². The van der Waals surface area contributed by atoms with E-state index in [9.17, 15) is 4.39 Å². The summed E-state index contributed by atoms with van der Waals surface area (Å²) in [7, 11) is 0. The van der Waals surface area contributed by atoms with Crippen molar-refractivity contribution in [2.45, 2.75) is 66.4 Å². The number of benzene rings is 2. The molecule has 0 amide bonds. The average Bonchev–Trinajstić information content (AvgIpc) is 2.94. The third-order valence-corrected chi connectivity index (χ3v) is 5.43. The molecule has 0 aliphatic heterocycles. The van der Waals surface area contributed by atoms with Gasteiger partial charge < -0.3 is 4.74 Å². The first-order valence-electron chi connectivity index (χ1n) is 10.2. The number of hydrogen-bond acceptors (Lipinski definition) is 1. The first-order chi connectivity index (χ1) is 13.3. The Hall–Kier alpha value is -1.80. The number of unbranched alkanes of at least 4 members (excludes halogenated alkanes) is 2. The lowest BCUT2D eigenvalue weighted by molar-refractivity contribution is 0.152. The highest BCUT2D eigenvalue weighted by Crippen LogP contribution is 2.42.